The maximum absolute atomic E-state index is 2.52. The molecule has 3 aromatic heterocycles. The second-order valence-electron chi connectivity index (χ2n) is 18.0. The topological polar surface area (TPSA) is 14.8 Å². The summed E-state index contributed by atoms with van der Waals surface area (Å²) in [7, 11) is -2.17. The monoisotopic (exact) mass is 911 g/mol. The van der Waals surface area contributed by atoms with Crippen LogP contribution in [0.3, 0.4) is 0 Å². The van der Waals surface area contributed by atoms with Crippen LogP contribution in [0.4, 0.5) is 0 Å². The third-order valence-electron chi connectivity index (χ3n) is 14.3. The zero-order valence-electron chi connectivity index (χ0n) is 38.2. The molecule has 4 heteroatoms. The predicted molar refractivity (Wildman–Crippen MR) is 295 cm³/mol. The number of para-hydroxylation sites is 5. The quantitative estimate of drug-likeness (QED) is 0.144. The molecule has 0 aliphatic carbocycles. The van der Waals surface area contributed by atoms with Crippen molar-refractivity contribution in [2.75, 3.05) is 0 Å². The number of benzene rings is 11. The Balaban J connectivity index is 1.07. The molecule has 3 heterocycles. The van der Waals surface area contributed by atoms with Crippen molar-refractivity contribution in [1.29, 1.82) is 0 Å². The van der Waals surface area contributed by atoms with Crippen LogP contribution < -0.4 is 0 Å². The molecule has 14 rings (SSSR count). The van der Waals surface area contributed by atoms with E-state index in [0.29, 0.717) is 0 Å². The largest absolute Gasteiger partial charge is 0.309 e. The Morgan fingerprint density at radius 3 is 1.46 bits per heavy atom. The minimum atomic E-state index is -2.17. The minimum absolute atomic E-state index is 1.12. The van der Waals surface area contributed by atoms with E-state index in [4.69, 9.17) is 0 Å². The lowest BCUT2D eigenvalue weighted by atomic mass is 10.0. The van der Waals surface area contributed by atoms with Crippen molar-refractivity contribution >= 4 is 75.4 Å². The average molecular weight is 912 g/mol. The standard InChI is InChI=1S/C66H45N3S/c1-5-22-46(23-6-1)52-30-13-17-34-58(52)69-60-36-19-14-31-53(60)55-42-40-48(44-64(55)69)68-61-37-20-16-33-56(61)66-63(68)38-21-39-65(66)70(49-26-9-3-10-27-49,50-28-11-4-12-29-50)51-41-43-62-57(45-51)54-32-15-18-35-59(54)67(62)47-24-7-2-8-25-47/h1-45H. The number of hydrogen-bond acceptors (Lipinski definition) is 0. The molecule has 70 heavy (non-hydrogen) atoms. The van der Waals surface area contributed by atoms with Gasteiger partial charge in [0.05, 0.1) is 38.8 Å². The Hall–Kier alpha value is -8.83. The van der Waals surface area contributed by atoms with Gasteiger partial charge in [-0.2, -0.15) is 0 Å². The molecule has 0 aliphatic heterocycles. The third kappa shape index (κ3) is 5.97. The lowest BCUT2D eigenvalue weighted by Gasteiger charge is -2.42. The molecule has 330 valence electrons. The summed E-state index contributed by atoms with van der Waals surface area (Å²) in [4.78, 5) is 5.19. The first-order valence-electron chi connectivity index (χ1n) is 24.0. The minimum Gasteiger partial charge on any atom is -0.309 e. The van der Waals surface area contributed by atoms with Crippen LogP contribution in [0.25, 0.3) is 93.6 Å². The van der Waals surface area contributed by atoms with Crippen LogP contribution in [0.5, 0.6) is 0 Å². The van der Waals surface area contributed by atoms with Crippen molar-refractivity contribution < 1.29 is 0 Å². The van der Waals surface area contributed by atoms with E-state index in [-0.39, 0.29) is 0 Å². The number of fused-ring (bicyclic) bond motifs is 9. The summed E-state index contributed by atoms with van der Waals surface area (Å²) in [5.74, 6) is 0. The van der Waals surface area contributed by atoms with Crippen LogP contribution in [0.2, 0.25) is 0 Å². The first-order chi connectivity index (χ1) is 34.8. The molecule has 14 aromatic rings. The van der Waals surface area contributed by atoms with Crippen molar-refractivity contribution in [3.63, 3.8) is 0 Å². The number of hydrogen-bond donors (Lipinski definition) is 0. The Bertz CT molecular complexity index is 4240. The number of aromatic nitrogens is 3. The summed E-state index contributed by atoms with van der Waals surface area (Å²) in [6, 6.07) is 101. The van der Waals surface area contributed by atoms with E-state index in [0.717, 1.165) is 17.1 Å². The summed E-state index contributed by atoms with van der Waals surface area (Å²) in [5.41, 5.74) is 12.9. The van der Waals surface area contributed by atoms with Crippen LogP contribution in [-0.4, -0.2) is 13.7 Å². The average Bonchev–Trinajstić information content (AvgIpc) is 4.08. The lowest BCUT2D eigenvalue weighted by molar-refractivity contribution is 1.15. The van der Waals surface area contributed by atoms with E-state index in [1.165, 1.54) is 96.1 Å². The predicted octanol–water partition coefficient (Wildman–Crippen LogP) is 18.0. The smallest absolute Gasteiger partial charge is 0.0562 e. The van der Waals surface area contributed by atoms with E-state index in [9.17, 15) is 0 Å². The Labute approximate surface area is 407 Å². The van der Waals surface area contributed by atoms with Crippen molar-refractivity contribution in [2.45, 2.75) is 19.6 Å². The molecular weight excluding hydrogens is 867 g/mol. The van der Waals surface area contributed by atoms with Crippen LogP contribution in [0, 0.1) is 0 Å². The van der Waals surface area contributed by atoms with Crippen LogP contribution in [0.15, 0.2) is 293 Å². The zero-order valence-corrected chi connectivity index (χ0v) is 39.0. The normalized spacial score (nSPS) is 12.2. The van der Waals surface area contributed by atoms with Gasteiger partial charge in [-0.1, -0.05) is 170 Å². The van der Waals surface area contributed by atoms with Crippen molar-refractivity contribution in [1.82, 2.24) is 13.7 Å². The van der Waals surface area contributed by atoms with Gasteiger partial charge in [0.15, 0.2) is 0 Å². The molecule has 0 radical (unpaired) electrons. The molecule has 3 nitrogen and oxygen atoms in total. The third-order valence-corrected chi connectivity index (χ3v) is 18.3. The maximum atomic E-state index is 2.52. The van der Waals surface area contributed by atoms with Gasteiger partial charge < -0.3 is 13.7 Å². The molecular formula is C66H45N3S. The molecule has 0 saturated heterocycles. The van der Waals surface area contributed by atoms with Crippen LogP contribution in [-0.2, 0) is 0 Å². The molecule has 0 saturated carbocycles. The zero-order chi connectivity index (χ0) is 46.2. The van der Waals surface area contributed by atoms with Crippen molar-refractivity contribution in [2.24, 2.45) is 0 Å². The van der Waals surface area contributed by atoms with Gasteiger partial charge in [-0.15, -0.1) is 10.0 Å². The van der Waals surface area contributed by atoms with E-state index in [1.54, 1.807) is 0 Å². The summed E-state index contributed by atoms with van der Waals surface area (Å²) in [5, 5.41) is 7.44. The van der Waals surface area contributed by atoms with E-state index in [2.05, 4.69) is 287 Å². The molecule has 0 aliphatic rings. The molecule has 0 unspecified atom stereocenters. The van der Waals surface area contributed by atoms with Gasteiger partial charge in [0, 0.05) is 68.8 Å². The number of nitrogens with zero attached hydrogens (tertiary/aromatic N) is 3. The van der Waals surface area contributed by atoms with Gasteiger partial charge in [0.1, 0.15) is 0 Å². The van der Waals surface area contributed by atoms with Gasteiger partial charge >= 0.3 is 0 Å². The summed E-state index contributed by atoms with van der Waals surface area (Å²) >= 11 is 0. The van der Waals surface area contributed by atoms with E-state index in [1.807, 2.05) is 0 Å². The Morgan fingerprint density at radius 1 is 0.257 bits per heavy atom. The fraction of sp³-hybridized carbons (Fsp3) is 0. The van der Waals surface area contributed by atoms with Gasteiger partial charge in [0.2, 0.25) is 0 Å². The molecule has 0 N–H and O–H groups in total. The molecule has 0 atom stereocenters. The van der Waals surface area contributed by atoms with E-state index >= 15 is 0 Å². The Kier molecular flexibility index (Phi) is 9.29. The highest BCUT2D eigenvalue weighted by Gasteiger charge is 2.36. The molecule has 0 spiro atoms. The van der Waals surface area contributed by atoms with Crippen molar-refractivity contribution in [3.05, 3.63) is 273 Å². The highest BCUT2D eigenvalue weighted by atomic mass is 32.3. The first kappa shape index (κ1) is 40.3. The molecule has 0 amide bonds. The second-order valence-corrected chi connectivity index (χ2v) is 21.1. The lowest BCUT2D eigenvalue weighted by Crippen LogP contribution is -2.06. The summed E-state index contributed by atoms with van der Waals surface area (Å²) in [6.07, 6.45) is 0. The summed E-state index contributed by atoms with van der Waals surface area (Å²) < 4.78 is 7.40. The van der Waals surface area contributed by atoms with Crippen LogP contribution >= 0.6 is 10.0 Å². The SMILES string of the molecule is c1ccc(-c2ccccc2-n2c3ccccc3c3ccc(-n4c5ccccc5c5c(S(c6ccccc6)(c6ccccc6)c6ccc7c(c6)c6ccccc6n7-c6ccccc6)cccc54)cc32)cc1. The highest BCUT2D eigenvalue weighted by molar-refractivity contribution is 8.34. The molecule has 0 bridgehead atoms. The second kappa shape index (κ2) is 16.2. The fourth-order valence-corrected chi connectivity index (χ4v) is 15.5. The van der Waals surface area contributed by atoms with Gasteiger partial charge in [-0.3, -0.25) is 0 Å². The highest BCUT2D eigenvalue weighted by Crippen LogP contribution is 2.75. The summed E-state index contributed by atoms with van der Waals surface area (Å²) in [6.45, 7) is 0. The Morgan fingerprint density at radius 2 is 0.757 bits per heavy atom. The maximum Gasteiger partial charge on any atom is 0.0562 e. The van der Waals surface area contributed by atoms with E-state index < -0.39 is 10.0 Å². The van der Waals surface area contributed by atoms with Crippen LogP contribution in [0.1, 0.15) is 0 Å². The van der Waals surface area contributed by atoms with Gasteiger partial charge in [-0.05, 0) is 109 Å². The van der Waals surface area contributed by atoms with Gasteiger partial charge in [-0.25, -0.2) is 0 Å². The molecule has 0 fully saturated rings. The number of rotatable bonds is 8. The molecule has 11 aromatic carbocycles. The first-order valence-corrected chi connectivity index (χ1v) is 25.6. The van der Waals surface area contributed by atoms with Crippen molar-refractivity contribution in [3.8, 4) is 28.2 Å². The van der Waals surface area contributed by atoms with Gasteiger partial charge in [0.25, 0.3) is 0 Å². The fourth-order valence-electron chi connectivity index (χ4n) is 11.4.